The van der Waals surface area contributed by atoms with E-state index in [-0.39, 0.29) is 11.9 Å². The number of furan rings is 1. The monoisotopic (exact) mass is 350 g/mol. The van der Waals surface area contributed by atoms with Crippen LogP contribution >= 0.6 is 38.9 Å². The third-order valence-electron chi connectivity index (χ3n) is 2.31. The van der Waals surface area contributed by atoms with Gasteiger partial charge in [0.2, 0.25) is 0 Å². The highest BCUT2D eigenvalue weighted by atomic mass is 79.9. The van der Waals surface area contributed by atoms with Crippen LogP contribution in [0.25, 0.3) is 0 Å². The van der Waals surface area contributed by atoms with Crippen molar-refractivity contribution in [3.05, 3.63) is 47.8 Å². The molecule has 0 spiro atoms. The average molecular weight is 352 g/mol. The van der Waals surface area contributed by atoms with Crippen LogP contribution in [0.2, 0.25) is 5.02 Å². The second kappa shape index (κ2) is 5.40. The Morgan fingerprint density at radius 3 is 2.78 bits per heavy atom. The summed E-state index contributed by atoms with van der Waals surface area (Å²) < 4.78 is 6.01. The Hall–Kier alpha value is -0.890. The van der Waals surface area contributed by atoms with Crippen LogP contribution in [0.3, 0.4) is 0 Å². The molecule has 0 aliphatic rings. The predicted molar refractivity (Wildman–Crippen MR) is 73.3 cm³/mol. The molecule has 1 N–H and O–H groups in total. The Labute approximate surface area is 120 Å². The summed E-state index contributed by atoms with van der Waals surface area (Å²) in [6.45, 7) is 0. The first kappa shape index (κ1) is 13.5. The van der Waals surface area contributed by atoms with Gasteiger partial charge >= 0.3 is 5.88 Å². The van der Waals surface area contributed by atoms with Gasteiger partial charge < -0.3 is 9.73 Å². The molecule has 8 heteroatoms. The third-order valence-corrected chi connectivity index (χ3v) is 4.85. The lowest BCUT2D eigenvalue weighted by atomic mass is 10.2. The molecule has 2 heterocycles. The number of halogens is 2. The van der Waals surface area contributed by atoms with E-state index in [4.69, 9.17) is 16.0 Å². The maximum atomic E-state index is 10.6. The summed E-state index contributed by atoms with van der Waals surface area (Å²) in [5.74, 6) is 0.210. The Morgan fingerprint density at radius 1 is 1.61 bits per heavy atom. The zero-order chi connectivity index (χ0) is 13.3. The van der Waals surface area contributed by atoms with E-state index in [2.05, 4.69) is 21.2 Å². The van der Waals surface area contributed by atoms with Gasteiger partial charge in [-0.3, -0.25) is 10.1 Å². The molecule has 0 aromatic carbocycles. The van der Waals surface area contributed by atoms with Gasteiger partial charge in [0, 0.05) is 4.88 Å². The van der Waals surface area contributed by atoms with Gasteiger partial charge in [0.1, 0.15) is 16.7 Å². The minimum absolute atomic E-state index is 0.257. The van der Waals surface area contributed by atoms with Crippen molar-refractivity contribution in [1.29, 1.82) is 0 Å². The lowest BCUT2D eigenvalue weighted by Gasteiger charge is -2.10. The number of hydrogen-bond acceptors (Lipinski definition) is 5. The molecule has 0 saturated carbocycles. The first-order valence-electron chi connectivity index (χ1n) is 4.89. The molecule has 0 aliphatic carbocycles. The molecule has 2 aromatic heterocycles. The van der Waals surface area contributed by atoms with Crippen LogP contribution < -0.4 is 5.32 Å². The van der Waals surface area contributed by atoms with Crippen molar-refractivity contribution in [2.24, 2.45) is 0 Å². The van der Waals surface area contributed by atoms with E-state index < -0.39 is 4.92 Å². The Bertz CT molecular complexity index is 564. The van der Waals surface area contributed by atoms with Crippen molar-refractivity contribution in [1.82, 2.24) is 5.32 Å². The van der Waals surface area contributed by atoms with E-state index in [0.29, 0.717) is 10.8 Å². The summed E-state index contributed by atoms with van der Waals surface area (Å²) in [5.41, 5.74) is 0. The zero-order valence-corrected chi connectivity index (χ0v) is 12.3. The van der Waals surface area contributed by atoms with E-state index in [9.17, 15) is 10.1 Å². The molecule has 1 atom stereocenters. The highest BCUT2D eigenvalue weighted by Crippen LogP contribution is 2.38. The minimum atomic E-state index is -0.562. The molecular formula is C10H8BrClN2O3S. The number of nitrogens with one attached hydrogen (secondary N) is 1. The van der Waals surface area contributed by atoms with E-state index in [1.165, 1.54) is 17.4 Å². The van der Waals surface area contributed by atoms with Crippen LogP contribution in [-0.2, 0) is 0 Å². The lowest BCUT2D eigenvalue weighted by Crippen LogP contribution is -2.15. The smallest absolute Gasteiger partial charge is 0.404 e. The van der Waals surface area contributed by atoms with Gasteiger partial charge in [0.25, 0.3) is 0 Å². The van der Waals surface area contributed by atoms with Crippen molar-refractivity contribution in [3.63, 3.8) is 0 Å². The molecule has 2 aromatic rings. The van der Waals surface area contributed by atoms with Gasteiger partial charge in [-0.2, -0.15) is 0 Å². The molecule has 0 amide bonds. The summed E-state index contributed by atoms with van der Waals surface area (Å²) in [4.78, 5) is 10.9. The first-order chi connectivity index (χ1) is 8.52. The summed E-state index contributed by atoms with van der Waals surface area (Å²) in [5, 5.41) is 14.2. The van der Waals surface area contributed by atoms with E-state index in [1.54, 1.807) is 19.2 Å². The molecule has 2 rings (SSSR count). The quantitative estimate of drug-likeness (QED) is 0.668. The van der Waals surface area contributed by atoms with Crippen LogP contribution in [0.15, 0.2) is 26.4 Å². The van der Waals surface area contributed by atoms with Gasteiger partial charge in [-0.25, -0.2) is 0 Å². The maximum absolute atomic E-state index is 10.6. The van der Waals surface area contributed by atoms with Gasteiger partial charge in [0.05, 0.1) is 14.9 Å². The number of nitrogens with zero attached hydrogens (tertiary/aromatic N) is 1. The van der Waals surface area contributed by atoms with Crippen LogP contribution in [0.1, 0.15) is 16.7 Å². The fourth-order valence-electron chi connectivity index (χ4n) is 1.53. The van der Waals surface area contributed by atoms with E-state index in [0.717, 1.165) is 8.66 Å². The summed E-state index contributed by atoms with van der Waals surface area (Å²) in [7, 11) is 1.75. The van der Waals surface area contributed by atoms with Gasteiger partial charge in [0.15, 0.2) is 0 Å². The van der Waals surface area contributed by atoms with E-state index >= 15 is 0 Å². The minimum Gasteiger partial charge on any atom is -0.404 e. The number of thiophene rings is 1. The fraction of sp³-hybridized carbons (Fsp3) is 0.200. The Kier molecular flexibility index (Phi) is 4.06. The SMILES string of the molecule is CNC(c1ccc([N+](=O)[O-])o1)c1cc(Cl)c(Br)s1. The highest BCUT2D eigenvalue weighted by Gasteiger charge is 2.22. The molecular weight excluding hydrogens is 344 g/mol. The summed E-state index contributed by atoms with van der Waals surface area (Å²) in [6, 6.07) is 4.46. The molecule has 0 saturated heterocycles. The molecule has 0 radical (unpaired) electrons. The molecule has 18 heavy (non-hydrogen) atoms. The largest absolute Gasteiger partial charge is 0.433 e. The summed E-state index contributed by atoms with van der Waals surface area (Å²) >= 11 is 10.8. The Balaban J connectivity index is 2.35. The molecule has 1 unspecified atom stereocenters. The van der Waals surface area contributed by atoms with Gasteiger partial charge in [-0.05, 0) is 35.1 Å². The van der Waals surface area contributed by atoms with Crippen LogP contribution in [0, 0.1) is 10.1 Å². The average Bonchev–Trinajstić information content (AvgIpc) is 2.89. The Morgan fingerprint density at radius 2 is 2.33 bits per heavy atom. The number of nitro groups is 1. The van der Waals surface area contributed by atoms with Crippen molar-refractivity contribution < 1.29 is 9.34 Å². The fourth-order valence-corrected chi connectivity index (χ4v) is 3.39. The standard InChI is InChI=1S/C10H8BrClN2O3S/c1-13-9(7-4-5(12)10(11)18-7)6-2-3-8(17-6)14(15)16/h2-4,9,13H,1H3. The van der Waals surface area contributed by atoms with Gasteiger partial charge in [-0.15, -0.1) is 11.3 Å². The topological polar surface area (TPSA) is 68.3 Å². The van der Waals surface area contributed by atoms with Crippen molar-refractivity contribution in [2.45, 2.75) is 6.04 Å². The van der Waals surface area contributed by atoms with Crippen molar-refractivity contribution >= 4 is 44.8 Å². The van der Waals surface area contributed by atoms with E-state index in [1.807, 2.05) is 0 Å². The number of rotatable bonds is 4. The number of hydrogen-bond donors (Lipinski definition) is 1. The molecule has 0 bridgehead atoms. The highest BCUT2D eigenvalue weighted by molar-refractivity contribution is 9.11. The third kappa shape index (κ3) is 2.59. The van der Waals surface area contributed by atoms with Crippen molar-refractivity contribution in [2.75, 3.05) is 7.05 Å². The van der Waals surface area contributed by atoms with Gasteiger partial charge in [-0.1, -0.05) is 11.6 Å². The van der Waals surface area contributed by atoms with Crippen LogP contribution in [-0.4, -0.2) is 12.0 Å². The second-order valence-corrected chi connectivity index (χ2v) is 6.23. The normalized spacial score (nSPS) is 12.6. The van der Waals surface area contributed by atoms with Crippen molar-refractivity contribution in [3.8, 4) is 0 Å². The maximum Gasteiger partial charge on any atom is 0.433 e. The zero-order valence-electron chi connectivity index (χ0n) is 9.15. The first-order valence-corrected chi connectivity index (χ1v) is 6.87. The molecule has 96 valence electrons. The predicted octanol–water partition coefficient (Wildman–Crippen LogP) is 3.97. The van der Waals surface area contributed by atoms with Crippen LogP contribution in [0.5, 0.6) is 0 Å². The lowest BCUT2D eigenvalue weighted by molar-refractivity contribution is -0.402. The molecule has 0 aliphatic heterocycles. The second-order valence-electron chi connectivity index (χ2n) is 3.43. The van der Waals surface area contributed by atoms with Crippen LogP contribution in [0.4, 0.5) is 5.88 Å². The molecule has 5 nitrogen and oxygen atoms in total. The summed E-state index contributed by atoms with van der Waals surface area (Å²) in [6.07, 6.45) is 0. The molecule has 0 fully saturated rings.